The van der Waals surface area contributed by atoms with Crippen LogP contribution in [-0.2, 0) is 6.42 Å². The van der Waals surface area contributed by atoms with E-state index >= 15 is 0 Å². The van der Waals surface area contributed by atoms with E-state index in [1.165, 1.54) is 11.1 Å². The van der Waals surface area contributed by atoms with E-state index in [4.69, 9.17) is 0 Å². The Balaban J connectivity index is 2.59. The Hall–Kier alpha value is -1.50. The van der Waals surface area contributed by atoms with Crippen molar-refractivity contribution < 1.29 is 0 Å². The molecule has 0 heterocycles. The predicted octanol–water partition coefficient (Wildman–Crippen LogP) is 5.10. The number of allylic oxidation sites excluding steroid dienone is 2. The zero-order valence-electron chi connectivity index (χ0n) is 13.3. The van der Waals surface area contributed by atoms with Gasteiger partial charge in [-0.2, -0.15) is 0 Å². The largest absolute Gasteiger partial charge is 0.386 e. The number of nitrogens with one attached hydrogen (secondary N) is 1. The van der Waals surface area contributed by atoms with Crippen molar-refractivity contribution in [2.75, 3.05) is 0 Å². The molecule has 1 nitrogen and oxygen atoms in total. The number of hydrogen-bond acceptors (Lipinski definition) is 1. The third-order valence-electron chi connectivity index (χ3n) is 3.31. The van der Waals surface area contributed by atoms with Crippen molar-refractivity contribution in [3.63, 3.8) is 0 Å². The van der Waals surface area contributed by atoms with Gasteiger partial charge in [0.25, 0.3) is 0 Å². The van der Waals surface area contributed by atoms with Crippen molar-refractivity contribution in [1.82, 2.24) is 5.32 Å². The van der Waals surface area contributed by atoms with Crippen LogP contribution >= 0.6 is 0 Å². The standard InChI is InChI=1S/C19H29N/c1-15(2)11-12-19(20-17(5)13-16(3)4)14-18-9-7-6-8-10-18/h6-10,16,19-20H,1,5,11-14H2,2-4H3. The van der Waals surface area contributed by atoms with Gasteiger partial charge in [-0.05, 0) is 44.1 Å². The van der Waals surface area contributed by atoms with Crippen LogP contribution < -0.4 is 5.32 Å². The summed E-state index contributed by atoms with van der Waals surface area (Å²) in [6, 6.07) is 11.1. The average molecular weight is 271 g/mol. The minimum absolute atomic E-state index is 0.445. The molecule has 0 aliphatic rings. The zero-order chi connectivity index (χ0) is 15.0. The smallest absolute Gasteiger partial charge is 0.0301 e. The third kappa shape index (κ3) is 7.18. The topological polar surface area (TPSA) is 12.0 Å². The molecule has 110 valence electrons. The molecule has 1 heteroatoms. The molecular formula is C19H29N. The van der Waals surface area contributed by atoms with Gasteiger partial charge in [0.05, 0.1) is 0 Å². The summed E-state index contributed by atoms with van der Waals surface area (Å²) >= 11 is 0. The molecule has 1 aromatic rings. The molecule has 0 radical (unpaired) electrons. The van der Waals surface area contributed by atoms with Crippen LogP contribution in [0.15, 0.2) is 54.8 Å². The molecule has 0 fully saturated rings. The summed E-state index contributed by atoms with van der Waals surface area (Å²) in [4.78, 5) is 0. The molecule has 1 aromatic carbocycles. The highest BCUT2D eigenvalue weighted by atomic mass is 14.9. The summed E-state index contributed by atoms with van der Waals surface area (Å²) in [5.74, 6) is 0.647. The van der Waals surface area contributed by atoms with Crippen molar-refractivity contribution in [3.8, 4) is 0 Å². The molecule has 0 amide bonds. The van der Waals surface area contributed by atoms with Gasteiger partial charge in [-0.15, -0.1) is 6.58 Å². The molecule has 0 aliphatic heterocycles. The average Bonchev–Trinajstić information content (AvgIpc) is 2.36. The van der Waals surface area contributed by atoms with Crippen LogP contribution in [0.5, 0.6) is 0 Å². The van der Waals surface area contributed by atoms with E-state index in [9.17, 15) is 0 Å². The first-order valence-corrected chi connectivity index (χ1v) is 7.60. The van der Waals surface area contributed by atoms with Crippen molar-refractivity contribution in [2.45, 2.75) is 52.5 Å². The van der Waals surface area contributed by atoms with Crippen LogP contribution in [0.4, 0.5) is 0 Å². The van der Waals surface area contributed by atoms with E-state index in [2.05, 4.69) is 69.6 Å². The fourth-order valence-electron chi connectivity index (χ4n) is 2.38. The molecule has 0 aliphatic carbocycles. The van der Waals surface area contributed by atoms with E-state index in [1.54, 1.807) is 0 Å². The molecule has 1 rings (SSSR count). The van der Waals surface area contributed by atoms with Crippen LogP contribution in [0.25, 0.3) is 0 Å². The molecule has 1 N–H and O–H groups in total. The molecule has 0 spiro atoms. The van der Waals surface area contributed by atoms with Crippen molar-refractivity contribution in [2.24, 2.45) is 5.92 Å². The molecule has 1 unspecified atom stereocenters. The van der Waals surface area contributed by atoms with Crippen molar-refractivity contribution >= 4 is 0 Å². The summed E-state index contributed by atoms with van der Waals surface area (Å²) in [6.45, 7) is 14.7. The monoisotopic (exact) mass is 271 g/mol. The maximum absolute atomic E-state index is 4.17. The fourth-order valence-corrected chi connectivity index (χ4v) is 2.38. The first kappa shape index (κ1) is 16.6. The molecule has 0 aromatic heterocycles. The van der Waals surface area contributed by atoms with Gasteiger partial charge in [-0.1, -0.05) is 56.3 Å². The Morgan fingerprint density at radius 1 is 1.15 bits per heavy atom. The predicted molar refractivity (Wildman–Crippen MR) is 89.7 cm³/mol. The first-order valence-electron chi connectivity index (χ1n) is 7.60. The first-order chi connectivity index (χ1) is 9.47. The quantitative estimate of drug-likeness (QED) is 0.616. The van der Waals surface area contributed by atoms with Gasteiger partial charge < -0.3 is 5.32 Å². The van der Waals surface area contributed by atoms with Gasteiger partial charge in [0, 0.05) is 11.7 Å². The molecule has 0 bridgehead atoms. The maximum atomic E-state index is 4.17. The summed E-state index contributed by atoms with van der Waals surface area (Å²) in [5, 5.41) is 3.62. The molecule has 0 saturated heterocycles. The minimum atomic E-state index is 0.445. The number of rotatable bonds is 9. The van der Waals surface area contributed by atoms with E-state index < -0.39 is 0 Å². The SMILES string of the molecule is C=C(C)CCC(Cc1ccccc1)NC(=C)CC(C)C. The second-order valence-corrected chi connectivity index (χ2v) is 6.23. The lowest BCUT2D eigenvalue weighted by atomic mass is 9.99. The molecular weight excluding hydrogens is 242 g/mol. The Morgan fingerprint density at radius 3 is 2.35 bits per heavy atom. The summed E-state index contributed by atoms with van der Waals surface area (Å²) in [7, 11) is 0. The second-order valence-electron chi connectivity index (χ2n) is 6.23. The van der Waals surface area contributed by atoms with E-state index in [0.29, 0.717) is 12.0 Å². The lowest BCUT2D eigenvalue weighted by Gasteiger charge is -2.22. The Bertz CT molecular complexity index is 417. The van der Waals surface area contributed by atoms with E-state index in [1.807, 2.05) is 0 Å². The van der Waals surface area contributed by atoms with Gasteiger partial charge >= 0.3 is 0 Å². The lowest BCUT2D eigenvalue weighted by Crippen LogP contribution is -2.30. The van der Waals surface area contributed by atoms with Crippen LogP contribution in [-0.4, -0.2) is 6.04 Å². The normalized spacial score (nSPS) is 12.2. The zero-order valence-corrected chi connectivity index (χ0v) is 13.3. The van der Waals surface area contributed by atoms with Gasteiger partial charge in [0.2, 0.25) is 0 Å². The Labute approximate surface area is 124 Å². The summed E-state index contributed by atoms with van der Waals surface area (Å²) < 4.78 is 0. The second kappa shape index (κ2) is 8.63. The Morgan fingerprint density at radius 2 is 1.80 bits per heavy atom. The highest BCUT2D eigenvalue weighted by Crippen LogP contribution is 2.14. The van der Waals surface area contributed by atoms with Crippen LogP contribution in [0.3, 0.4) is 0 Å². The number of hydrogen-bond donors (Lipinski definition) is 1. The molecule has 1 atom stereocenters. The van der Waals surface area contributed by atoms with Crippen molar-refractivity contribution in [1.29, 1.82) is 0 Å². The fraction of sp³-hybridized carbons (Fsp3) is 0.474. The van der Waals surface area contributed by atoms with Crippen LogP contribution in [0, 0.1) is 5.92 Å². The number of benzene rings is 1. The minimum Gasteiger partial charge on any atom is -0.386 e. The van der Waals surface area contributed by atoms with Crippen molar-refractivity contribution in [3.05, 3.63) is 60.3 Å². The summed E-state index contributed by atoms with van der Waals surface area (Å²) in [5.41, 5.74) is 3.78. The van der Waals surface area contributed by atoms with Gasteiger partial charge in [-0.3, -0.25) is 0 Å². The van der Waals surface area contributed by atoms with E-state index in [-0.39, 0.29) is 0 Å². The molecule has 0 saturated carbocycles. The van der Waals surface area contributed by atoms with Crippen LogP contribution in [0.1, 0.15) is 45.6 Å². The van der Waals surface area contributed by atoms with E-state index in [0.717, 1.165) is 31.4 Å². The van der Waals surface area contributed by atoms with Gasteiger partial charge in [-0.25, -0.2) is 0 Å². The maximum Gasteiger partial charge on any atom is 0.0301 e. The Kier molecular flexibility index (Phi) is 7.14. The third-order valence-corrected chi connectivity index (χ3v) is 3.31. The highest BCUT2D eigenvalue weighted by Gasteiger charge is 2.11. The summed E-state index contributed by atoms with van der Waals surface area (Å²) in [6.07, 6.45) is 4.27. The molecule has 20 heavy (non-hydrogen) atoms. The lowest BCUT2D eigenvalue weighted by molar-refractivity contribution is 0.494. The van der Waals surface area contributed by atoms with Gasteiger partial charge in [0.1, 0.15) is 0 Å². The van der Waals surface area contributed by atoms with Crippen LogP contribution in [0.2, 0.25) is 0 Å². The highest BCUT2D eigenvalue weighted by molar-refractivity contribution is 5.16. The van der Waals surface area contributed by atoms with Gasteiger partial charge in [0.15, 0.2) is 0 Å².